The third kappa shape index (κ3) is 5.33. The van der Waals surface area contributed by atoms with Gasteiger partial charge in [-0.05, 0) is 13.8 Å². The van der Waals surface area contributed by atoms with Gasteiger partial charge in [-0.3, -0.25) is 10.3 Å². The summed E-state index contributed by atoms with van der Waals surface area (Å²) in [5, 5.41) is 8.45. The molecule has 0 aromatic rings. The number of aliphatic hydroxyl groups excluding tert-OH is 1. The Labute approximate surface area is 55.3 Å². The van der Waals surface area contributed by atoms with E-state index in [2.05, 4.69) is 12.1 Å². The van der Waals surface area contributed by atoms with Gasteiger partial charge in [0.15, 0.2) is 0 Å². The summed E-state index contributed by atoms with van der Waals surface area (Å²) in [6.45, 7) is 7.10. The van der Waals surface area contributed by atoms with Gasteiger partial charge in [-0.2, -0.15) is 0 Å². The lowest BCUT2D eigenvalue weighted by Crippen LogP contribution is -2.22. The summed E-state index contributed by atoms with van der Waals surface area (Å²) < 4.78 is 0. The molecule has 0 radical (unpaired) electrons. The molecule has 1 atom stereocenters. The maximum absolute atomic E-state index is 8.45. The molecule has 9 heavy (non-hydrogen) atoms. The van der Waals surface area contributed by atoms with E-state index in [9.17, 15) is 0 Å². The molecule has 3 heteroatoms. The molecule has 0 aliphatic heterocycles. The molecule has 0 aliphatic rings. The number of nitrogens with one attached hydrogen (secondary N) is 1. The molecule has 0 spiro atoms. The molecule has 3 nitrogen and oxygen atoms in total. The lowest BCUT2D eigenvalue weighted by atomic mass is 10.4. The smallest absolute Gasteiger partial charge is 0.106 e. The van der Waals surface area contributed by atoms with Crippen LogP contribution in [0.3, 0.4) is 0 Å². The second kappa shape index (κ2) is 4.35. The van der Waals surface area contributed by atoms with Crippen molar-refractivity contribution in [2.75, 3.05) is 6.61 Å². The first kappa shape index (κ1) is 8.46. The first-order valence-corrected chi connectivity index (χ1v) is 2.85. The molecule has 0 aromatic heterocycles. The van der Waals surface area contributed by atoms with E-state index in [1.54, 1.807) is 13.8 Å². The lowest BCUT2D eigenvalue weighted by Gasteiger charge is -2.10. The highest BCUT2D eigenvalue weighted by Crippen LogP contribution is 1.86. The van der Waals surface area contributed by atoms with Crippen LogP contribution in [-0.2, 0) is 4.84 Å². The van der Waals surface area contributed by atoms with Crippen LogP contribution in [0.4, 0.5) is 0 Å². The Hall–Kier alpha value is -0.540. The number of hydrogen-bond donors (Lipinski definition) is 2. The van der Waals surface area contributed by atoms with Crippen LogP contribution >= 0.6 is 0 Å². The van der Waals surface area contributed by atoms with E-state index in [0.29, 0.717) is 0 Å². The number of aliphatic hydroxyl groups is 1. The third-order valence-corrected chi connectivity index (χ3v) is 0.691. The molecule has 0 amide bonds. The molecule has 0 saturated heterocycles. The summed E-state index contributed by atoms with van der Waals surface area (Å²) >= 11 is 0. The number of hydroxylamine groups is 1. The van der Waals surface area contributed by atoms with Crippen molar-refractivity contribution in [1.29, 1.82) is 0 Å². The normalized spacial score (nSPS) is 12.8. The van der Waals surface area contributed by atoms with Gasteiger partial charge in [-0.15, -0.1) is 0 Å². The fourth-order valence-electron chi connectivity index (χ4n) is 0.238. The largest absolute Gasteiger partial charge is 0.394 e. The van der Waals surface area contributed by atoms with Crippen molar-refractivity contribution in [3.8, 4) is 0 Å². The van der Waals surface area contributed by atoms with Crippen LogP contribution in [0.1, 0.15) is 13.8 Å². The standard InChI is InChI=1S/C6H13NO2/c1-5(2)7-9-6(3)4-8/h6-8H,1,4H2,2-3H3. The van der Waals surface area contributed by atoms with Crippen LogP contribution in [-0.4, -0.2) is 17.8 Å². The molecule has 2 N–H and O–H groups in total. The van der Waals surface area contributed by atoms with Gasteiger partial charge in [0.05, 0.1) is 6.61 Å². The van der Waals surface area contributed by atoms with Crippen molar-refractivity contribution in [2.24, 2.45) is 0 Å². The minimum atomic E-state index is -0.179. The molecular weight excluding hydrogens is 118 g/mol. The average molecular weight is 131 g/mol. The minimum absolute atomic E-state index is 0.0142. The van der Waals surface area contributed by atoms with Crippen LogP contribution in [0.15, 0.2) is 12.3 Å². The topological polar surface area (TPSA) is 41.5 Å². The van der Waals surface area contributed by atoms with E-state index in [-0.39, 0.29) is 12.7 Å². The Morgan fingerprint density at radius 1 is 1.89 bits per heavy atom. The Kier molecular flexibility index (Phi) is 4.09. The molecule has 0 fully saturated rings. The van der Waals surface area contributed by atoms with Gasteiger partial charge < -0.3 is 5.11 Å². The lowest BCUT2D eigenvalue weighted by molar-refractivity contribution is -0.0255. The van der Waals surface area contributed by atoms with Crippen molar-refractivity contribution in [3.63, 3.8) is 0 Å². The summed E-state index contributed by atoms with van der Waals surface area (Å²) in [6, 6.07) is 0. The summed E-state index contributed by atoms with van der Waals surface area (Å²) in [4.78, 5) is 4.85. The average Bonchev–Trinajstić information content (AvgIpc) is 1.83. The second-order valence-corrected chi connectivity index (χ2v) is 1.99. The van der Waals surface area contributed by atoms with Gasteiger partial charge in [0.1, 0.15) is 6.10 Å². The third-order valence-electron chi connectivity index (χ3n) is 0.691. The van der Waals surface area contributed by atoms with Gasteiger partial charge in [0, 0.05) is 5.70 Å². The fourth-order valence-corrected chi connectivity index (χ4v) is 0.238. The highest BCUT2D eigenvalue weighted by Gasteiger charge is 1.96. The van der Waals surface area contributed by atoms with Crippen LogP contribution in [0.5, 0.6) is 0 Å². The van der Waals surface area contributed by atoms with Crippen molar-refractivity contribution in [2.45, 2.75) is 20.0 Å². The molecule has 0 aromatic carbocycles. The highest BCUT2D eigenvalue weighted by molar-refractivity contribution is 4.79. The van der Waals surface area contributed by atoms with Crippen LogP contribution < -0.4 is 5.48 Å². The zero-order chi connectivity index (χ0) is 7.28. The predicted octanol–water partition coefficient (Wildman–Crippen LogP) is 0.422. The maximum atomic E-state index is 8.45. The summed E-state index contributed by atoms with van der Waals surface area (Å²) in [6.07, 6.45) is -0.179. The van der Waals surface area contributed by atoms with Crippen LogP contribution in [0.2, 0.25) is 0 Å². The first-order valence-electron chi connectivity index (χ1n) is 2.85. The van der Waals surface area contributed by atoms with Crippen molar-refractivity contribution < 1.29 is 9.94 Å². The molecule has 0 saturated carbocycles. The van der Waals surface area contributed by atoms with Crippen LogP contribution in [0.25, 0.3) is 0 Å². The van der Waals surface area contributed by atoms with Gasteiger partial charge >= 0.3 is 0 Å². The first-order chi connectivity index (χ1) is 4.16. The summed E-state index contributed by atoms with van der Waals surface area (Å²) in [7, 11) is 0. The number of hydrogen-bond acceptors (Lipinski definition) is 3. The van der Waals surface area contributed by atoms with Gasteiger partial charge in [0.2, 0.25) is 0 Å². The Morgan fingerprint density at radius 3 is 2.78 bits per heavy atom. The molecule has 54 valence electrons. The van der Waals surface area contributed by atoms with Crippen molar-refractivity contribution in [3.05, 3.63) is 12.3 Å². The van der Waals surface area contributed by atoms with E-state index in [4.69, 9.17) is 9.94 Å². The van der Waals surface area contributed by atoms with Crippen LogP contribution in [0, 0.1) is 0 Å². The zero-order valence-electron chi connectivity index (χ0n) is 5.85. The molecular formula is C6H13NO2. The van der Waals surface area contributed by atoms with E-state index >= 15 is 0 Å². The van der Waals surface area contributed by atoms with E-state index in [0.717, 1.165) is 5.70 Å². The van der Waals surface area contributed by atoms with Gasteiger partial charge in [-0.1, -0.05) is 6.58 Å². The maximum Gasteiger partial charge on any atom is 0.106 e. The molecule has 0 heterocycles. The van der Waals surface area contributed by atoms with E-state index in [1.165, 1.54) is 0 Å². The van der Waals surface area contributed by atoms with E-state index < -0.39 is 0 Å². The molecule has 0 bridgehead atoms. The summed E-state index contributed by atoms with van der Waals surface area (Å²) in [5.41, 5.74) is 3.27. The monoisotopic (exact) mass is 131 g/mol. The fraction of sp³-hybridized carbons (Fsp3) is 0.667. The van der Waals surface area contributed by atoms with E-state index in [1.807, 2.05) is 0 Å². The molecule has 0 rings (SSSR count). The number of rotatable bonds is 4. The number of allylic oxidation sites excluding steroid dienone is 1. The van der Waals surface area contributed by atoms with Crippen molar-refractivity contribution in [1.82, 2.24) is 5.48 Å². The second-order valence-electron chi connectivity index (χ2n) is 1.99. The van der Waals surface area contributed by atoms with Gasteiger partial charge in [-0.25, -0.2) is 0 Å². The summed E-state index contributed by atoms with van der Waals surface area (Å²) in [5.74, 6) is 0. The Morgan fingerprint density at radius 2 is 2.44 bits per heavy atom. The van der Waals surface area contributed by atoms with Gasteiger partial charge in [0.25, 0.3) is 0 Å². The molecule has 1 unspecified atom stereocenters. The Balaban J connectivity index is 3.16. The zero-order valence-corrected chi connectivity index (χ0v) is 5.85. The highest BCUT2D eigenvalue weighted by atomic mass is 16.7. The predicted molar refractivity (Wildman–Crippen MR) is 35.6 cm³/mol. The Bertz CT molecular complexity index is 93.1. The minimum Gasteiger partial charge on any atom is -0.394 e. The van der Waals surface area contributed by atoms with Crippen molar-refractivity contribution >= 4 is 0 Å². The molecule has 0 aliphatic carbocycles. The quantitative estimate of drug-likeness (QED) is 0.543. The SMILES string of the molecule is C=C(C)NOC(C)CO.